The molecule has 0 aliphatic carbocycles. The van der Waals surface area contributed by atoms with Crippen LogP contribution in [0.25, 0.3) is 0 Å². The fraction of sp³-hybridized carbons (Fsp3) is 0.200. The quantitative estimate of drug-likeness (QED) is 0.562. The van der Waals surface area contributed by atoms with E-state index in [1.165, 1.54) is 0 Å². The van der Waals surface area contributed by atoms with Crippen LogP contribution in [0.3, 0.4) is 0 Å². The Labute approximate surface area is 73.8 Å². The van der Waals surface area contributed by atoms with Crippen molar-refractivity contribution < 1.29 is 0 Å². The van der Waals surface area contributed by atoms with Crippen molar-refractivity contribution in [3.05, 3.63) is 9.90 Å². The van der Waals surface area contributed by atoms with Gasteiger partial charge in [-0.2, -0.15) is 0 Å². The Hall–Kier alpha value is -0.325. The van der Waals surface area contributed by atoms with E-state index in [1.54, 1.807) is 6.20 Å². The first-order valence-corrected chi connectivity index (χ1v) is 3.89. The Morgan fingerprint density at radius 3 is 2.90 bits per heavy atom. The molecule has 0 aromatic carbocycles. The van der Waals surface area contributed by atoms with Gasteiger partial charge in [-0.25, -0.2) is 4.98 Å². The van der Waals surface area contributed by atoms with Crippen LogP contribution in [-0.4, -0.2) is 17.2 Å². The molecule has 0 atom stereocenters. The highest BCUT2D eigenvalue weighted by atomic mass is 127. The maximum absolute atomic E-state index is 5.49. The molecule has 1 heterocycles. The topological polar surface area (TPSA) is 51.8 Å². The van der Waals surface area contributed by atoms with Crippen molar-refractivity contribution >= 4 is 41.3 Å². The summed E-state index contributed by atoms with van der Waals surface area (Å²) < 4.78 is 0.861. The summed E-state index contributed by atoms with van der Waals surface area (Å²) in [5.41, 5.74) is 6.25. The van der Waals surface area contributed by atoms with Crippen LogP contribution in [0.5, 0.6) is 0 Å². The van der Waals surface area contributed by atoms with Crippen LogP contribution in [0, 0.1) is 3.70 Å². The lowest BCUT2D eigenvalue weighted by atomic mass is 9.78. The molecule has 51 valence electrons. The van der Waals surface area contributed by atoms with E-state index < -0.39 is 0 Å². The summed E-state index contributed by atoms with van der Waals surface area (Å²) >= 11 is 2.10. The van der Waals surface area contributed by atoms with Crippen molar-refractivity contribution in [3.63, 3.8) is 0 Å². The third-order valence-electron chi connectivity index (χ3n) is 1.07. The molecule has 0 bridgehead atoms. The van der Waals surface area contributed by atoms with Gasteiger partial charge in [-0.15, -0.1) is 0 Å². The van der Waals surface area contributed by atoms with Crippen LogP contribution >= 0.6 is 22.6 Å². The predicted octanol–water partition coefficient (Wildman–Crippen LogP) is 0.0410. The minimum atomic E-state index is 0.489. The van der Waals surface area contributed by atoms with E-state index in [9.17, 15) is 0 Å². The molecule has 0 saturated carbocycles. The number of nitrogens with two attached hydrogens (primary N) is 1. The SMILES string of the molecule is C[B]c1nc(I)cnc1N. The molecule has 0 saturated heterocycles. The van der Waals surface area contributed by atoms with Crippen LogP contribution in [0.1, 0.15) is 0 Å². The molecule has 0 unspecified atom stereocenters. The number of nitrogen functional groups attached to an aromatic ring is 1. The van der Waals surface area contributed by atoms with E-state index in [-0.39, 0.29) is 0 Å². The highest BCUT2D eigenvalue weighted by Crippen LogP contribution is 1.96. The highest BCUT2D eigenvalue weighted by molar-refractivity contribution is 14.1. The van der Waals surface area contributed by atoms with E-state index in [2.05, 4.69) is 32.6 Å². The molecule has 0 aliphatic heterocycles. The van der Waals surface area contributed by atoms with Crippen LogP contribution in [-0.2, 0) is 0 Å². The summed E-state index contributed by atoms with van der Waals surface area (Å²) in [6.07, 6.45) is 1.64. The number of hydrogen-bond donors (Lipinski definition) is 1. The van der Waals surface area contributed by atoms with Crippen molar-refractivity contribution in [2.45, 2.75) is 6.82 Å². The molecule has 3 nitrogen and oxygen atoms in total. The summed E-state index contributed by atoms with van der Waals surface area (Å²) in [6.45, 7) is 1.89. The summed E-state index contributed by atoms with van der Waals surface area (Å²) in [5.74, 6) is 0.489. The van der Waals surface area contributed by atoms with Gasteiger partial charge < -0.3 is 5.73 Å². The first kappa shape index (κ1) is 7.78. The molecule has 1 radical (unpaired) electrons. The van der Waals surface area contributed by atoms with Gasteiger partial charge in [0, 0.05) is 5.59 Å². The van der Waals surface area contributed by atoms with Crippen LogP contribution in [0.15, 0.2) is 6.20 Å². The van der Waals surface area contributed by atoms with Gasteiger partial charge in [0.25, 0.3) is 0 Å². The van der Waals surface area contributed by atoms with E-state index in [4.69, 9.17) is 5.73 Å². The van der Waals surface area contributed by atoms with E-state index >= 15 is 0 Å². The van der Waals surface area contributed by atoms with Gasteiger partial charge in [-0.1, -0.05) is 6.82 Å². The summed E-state index contributed by atoms with van der Waals surface area (Å²) in [5, 5.41) is 0. The van der Waals surface area contributed by atoms with Crippen molar-refractivity contribution in [2.24, 2.45) is 0 Å². The standard InChI is InChI=1S/C5H6BIN3/c1-6-4-5(8)9-2-3(7)10-4/h2H,1H3,(H2,8,9). The van der Waals surface area contributed by atoms with Gasteiger partial charge in [0.1, 0.15) is 9.52 Å². The average Bonchev–Trinajstić information content (AvgIpc) is 1.94. The lowest BCUT2D eigenvalue weighted by molar-refractivity contribution is 1.21. The number of nitrogens with zero attached hydrogens (tertiary/aromatic N) is 2. The predicted molar refractivity (Wildman–Crippen MR) is 50.4 cm³/mol. The molecule has 2 N–H and O–H groups in total. The van der Waals surface area contributed by atoms with Crippen molar-refractivity contribution in [1.82, 2.24) is 9.97 Å². The van der Waals surface area contributed by atoms with E-state index in [1.807, 2.05) is 14.1 Å². The Morgan fingerprint density at radius 1 is 1.70 bits per heavy atom. The Balaban J connectivity index is 3.09. The average molecular weight is 246 g/mol. The number of rotatable bonds is 1. The molecule has 10 heavy (non-hydrogen) atoms. The largest absolute Gasteiger partial charge is 0.383 e. The smallest absolute Gasteiger partial charge is 0.179 e. The zero-order valence-corrected chi connectivity index (χ0v) is 7.66. The normalized spacial score (nSPS) is 9.40. The molecule has 0 fully saturated rings. The molecule has 0 spiro atoms. The zero-order valence-electron chi connectivity index (χ0n) is 5.50. The highest BCUT2D eigenvalue weighted by Gasteiger charge is 1.99. The van der Waals surface area contributed by atoms with Crippen molar-refractivity contribution in [2.75, 3.05) is 5.73 Å². The molecule has 1 aromatic heterocycles. The van der Waals surface area contributed by atoms with Crippen LogP contribution in [0.2, 0.25) is 6.82 Å². The Bertz CT molecular complexity index is 240. The Morgan fingerprint density at radius 2 is 2.40 bits per heavy atom. The van der Waals surface area contributed by atoms with Crippen molar-refractivity contribution in [3.8, 4) is 0 Å². The molecule has 0 amide bonds. The zero-order chi connectivity index (χ0) is 7.56. The van der Waals surface area contributed by atoms with Crippen molar-refractivity contribution in [1.29, 1.82) is 0 Å². The maximum atomic E-state index is 5.49. The van der Waals surface area contributed by atoms with Gasteiger partial charge >= 0.3 is 0 Å². The number of halogens is 1. The first-order valence-electron chi connectivity index (χ1n) is 2.81. The fourth-order valence-corrected chi connectivity index (χ4v) is 1.00. The summed E-state index contributed by atoms with van der Waals surface area (Å²) in [6, 6.07) is 0. The summed E-state index contributed by atoms with van der Waals surface area (Å²) in [4.78, 5) is 8.06. The summed E-state index contributed by atoms with van der Waals surface area (Å²) in [7, 11) is 1.84. The number of aromatic nitrogens is 2. The minimum Gasteiger partial charge on any atom is -0.383 e. The lowest BCUT2D eigenvalue weighted by Gasteiger charge is -1.98. The number of anilines is 1. The van der Waals surface area contributed by atoms with Gasteiger partial charge in [0.05, 0.1) is 6.20 Å². The molecule has 1 aromatic rings. The maximum Gasteiger partial charge on any atom is 0.179 e. The van der Waals surface area contributed by atoms with Gasteiger partial charge in [-0.3, -0.25) is 4.98 Å². The monoisotopic (exact) mass is 246 g/mol. The molecule has 1 rings (SSSR count). The van der Waals surface area contributed by atoms with E-state index in [0.29, 0.717) is 5.82 Å². The lowest BCUT2D eigenvalue weighted by Crippen LogP contribution is -2.22. The second-order valence-electron chi connectivity index (χ2n) is 1.75. The second-order valence-corrected chi connectivity index (χ2v) is 2.86. The third kappa shape index (κ3) is 1.59. The van der Waals surface area contributed by atoms with Gasteiger partial charge in [0.15, 0.2) is 7.28 Å². The first-order chi connectivity index (χ1) is 4.74. The van der Waals surface area contributed by atoms with Crippen LogP contribution < -0.4 is 11.3 Å². The molecular formula is C5H6BIN3. The minimum absolute atomic E-state index is 0.489. The van der Waals surface area contributed by atoms with Crippen LogP contribution in [0.4, 0.5) is 5.82 Å². The van der Waals surface area contributed by atoms with Gasteiger partial charge in [0.2, 0.25) is 0 Å². The molecule has 5 heteroatoms. The number of hydrogen-bond acceptors (Lipinski definition) is 3. The third-order valence-corrected chi connectivity index (χ3v) is 1.59. The van der Waals surface area contributed by atoms with E-state index in [0.717, 1.165) is 9.29 Å². The fourth-order valence-electron chi connectivity index (χ4n) is 0.603. The Kier molecular flexibility index (Phi) is 2.47. The second kappa shape index (κ2) is 3.18. The molecular weight excluding hydrogens is 240 g/mol. The van der Waals surface area contributed by atoms with Gasteiger partial charge in [-0.05, 0) is 22.6 Å². The molecule has 0 aliphatic rings.